The van der Waals surface area contributed by atoms with E-state index in [1.807, 2.05) is 44.2 Å². The number of methoxy groups -OCH3 is 2. The molecule has 188 valence electrons. The van der Waals surface area contributed by atoms with Crippen LogP contribution in [-0.2, 0) is 16.4 Å². The van der Waals surface area contributed by atoms with Crippen molar-refractivity contribution in [3.8, 4) is 17.2 Å². The first-order valence-corrected chi connectivity index (χ1v) is 13.2. The number of hydrogen-bond donors (Lipinski definition) is 0. The van der Waals surface area contributed by atoms with Gasteiger partial charge in [-0.15, -0.1) is 0 Å². The lowest BCUT2D eigenvalue weighted by Crippen LogP contribution is -2.20. The third kappa shape index (κ3) is 6.77. The average molecular weight is 498 g/mol. The van der Waals surface area contributed by atoms with Crippen molar-refractivity contribution in [2.45, 2.75) is 42.5 Å². The van der Waals surface area contributed by atoms with E-state index in [1.165, 1.54) is 0 Å². The summed E-state index contributed by atoms with van der Waals surface area (Å²) < 4.78 is 42.9. The number of hydrogen-bond acceptors (Lipinski definition) is 6. The Balaban J connectivity index is 1.52. The molecule has 0 spiro atoms. The Kier molecular flexibility index (Phi) is 9.18. The molecule has 0 saturated carbocycles. The van der Waals surface area contributed by atoms with Crippen LogP contribution in [0.2, 0.25) is 0 Å². The Morgan fingerprint density at radius 3 is 2.23 bits per heavy atom. The summed E-state index contributed by atoms with van der Waals surface area (Å²) in [6.07, 6.45) is 0.839. The fourth-order valence-corrected chi connectivity index (χ4v) is 5.56. The molecule has 0 saturated heterocycles. The molecule has 0 radical (unpaired) electrons. The summed E-state index contributed by atoms with van der Waals surface area (Å²) in [6, 6.07) is 19.8. The standard InChI is InChI=1S/C28H35NO5S/c1-21(2)25-9-6-7-10-28(25)35(30,31)24-14-12-23(13-15-24)34-18-8-17-29(3)20-22-11-16-26(32-4)27(19-22)33-5/h6-7,9-16,19,21H,8,17-18,20H2,1-5H3. The maximum atomic E-state index is 13.2. The molecule has 35 heavy (non-hydrogen) atoms. The molecule has 6 nitrogen and oxygen atoms in total. The molecule has 0 aliphatic carbocycles. The van der Waals surface area contributed by atoms with E-state index in [-0.39, 0.29) is 10.8 Å². The highest BCUT2D eigenvalue weighted by molar-refractivity contribution is 7.91. The van der Waals surface area contributed by atoms with Crippen molar-refractivity contribution < 1.29 is 22.6 Å². The number of benzene rings is 3. The zero-order valence-electron chi connectivity index (χ0n) is 21.2. The molecule has 7 heteroatoms. The summed E-state index contributed by atoms with van der Waals surface area (Å²) in [5.74, 6) is 2.22. The van der Waals surface area contributed by atoms with Crippen LogP contribution >= 0.6 is 0 Å². The lowest BCUT2D eigenvalue weighted by Gasteiger charge is -2.18. The molecular formula is C28H35NO5S. The van der Waals surface area contributed by atoms with Gasteiger partial charge in [0.2, 0.25) is 9.84 Å². The van der Waals surface area contributed by atoms with Gasteiger partial charge in [-0.2, -0.15) is 0 Å². The summed E-state index contributed by atoms with van der Waals surface area (Å²) in [7, 11) is 1.74. The maximum absolute atomic E-state index is 13.2. The zero-order valence-corrected chi connectivity index (χ0v) is 22.0. The van der Waals surface area contributed by atoms with Gasteiger partial charge in [0.1, 0.15) is 5.75 Å². The van der Waals surface area contributed by atoms with Gasteiger partial charge in [0, 0.05) is 13.1 Å². The zero-order chi connectivity index (χ0) is 25.4. The first kappa shape index (κ1) is 26.6. The number of ether oxygens (including phenoxy) is 3. The van der Waals surface area contributed by atoms with Gasteiger partial charge in [-0.25, -0.2) is 8.42 Å². The van der Waals surface area contributed by atoms with E-state index >= 15 is 0 Å². The van der Waals surface area contributed by atoms with Gasteiger partial charge in [0.05, 0.1) is 30.6 Å². The minimum absolute atomic E-state index is 0.119. The third-order valence-electron chi connectivity index (χ3n) is 5.82. The Morgan fingerprint density at radius 2 is 1.57 bits per heavy atom. The van der Waals surface area contributed by atoms with Crippen molar-refractivity contribution in [3.05, 3.63) is 77.9 Å². The topological polar surface area (TPSA) is 65.1 Å². The second kappa shape index (κ2) is 12.1. The van der Waals surface area contributed by atoms with Crippen molar-refractivity contribution in [2.75, 3.05) is 34.4 Å². The first-order valence-electron chi connectivity index (χ1n) is 11.7. The van der Waals surface area contributed by atoms with Crippen molar-refractivity contribution in [1.29, 1.82) is 0 Å². The fourth-order valence-electron chi connectivity index (χ4n) is 3.94. The van der Waals surface area contributed by atoms with Crippen LogP contribution in [0.25, 0.3) is 0 Å². The molecule has 0 aliphatic rings. The van der Waals surface area contributed by atoms with Gasteiger partial charge in [0.15, 0.2) is 11.5 Å². The molecule has 3 aromatic carbocycles. The third-order valence-corrected chi connectivity index (χ3v) is 7.66. The van der Waals surface area contributed by atoms with Crippen LogP contribution in [0, 0.1) is 0 Å². The molecule has 0 N–H and O–H groups in total. The van der Waals surface area contributed by atoms with Gasteiger partial charge in [-0.1, -0.05) is 38.1 Å². The Hall–Kier alpha value is -3.03. The summed E-state index contributed by atoms with van der Waals surface area (Å²) in [5.41, 5.74) is 1.96. The first-order chi connectivity index (χ1) is 16.8. The van der Waals surface area contributed by atoms with Crippen molar-refractivity contribution in [3.63, 3.8) is 0 Å². The van der Waals surface area contributed by atoms with Crippen LogP contribution in [0.1, 0.15) is 37.3 Å². The molecular weight excluding hydrogens is 462 g/mol. The molecule has 3 aromatic rings. The summed E-state index contributed by atoms with van der Waals surface area (Å²) in [5, 5.41) is 0. The minimum atomic E-state index is -3.59. The van der Waals surface area contributed by atoms with Crippen LogP contribution in [0.5, 0.6) is 17.2 Å². The summed E-state index contributed by atoms with van der Waals surface area (Å²) in [6.45, 7) is 6.17. The van der Waals surface area contributed by atoms with E-state index in [9.17, 15) is 8.42 Å². The van der Waals surface area contributed by atoms with E-state index in [0.29, 0.717) is 17.3 Å². The monoisotopic (exact) mass is 497 g/mol. The van der Waals surface area contributed by atoms with Crippen LogP contribution in [0.15, 0.2) is 76.5 Å². The van der Waals surface area contributed by atoms with Crippen molar-refractivity contribution >= 4 is 9.84 Å². The van der Waals surface area contributed by atoms with Gasteiger partial charge >= 0.3 is 0 Å². The molecule has 3 rings (SSSR count). The van der Waals surface area contributed by atoms with Crippen LogP contribution in [-0.4, -0.2) is 47.7 Å². The second-order valence-corrected chi connectivity index (χ2v) is 10.7. The molecule has 0 heterocycles. The van der Waals surface area contributed by atoms with Gasteiger partial charge in [-0.05, 0) is 73.0 Å². The molecule has 0 fully saturated rings. The number of nitrogens with zero attached hydrogens (tertiary/aromatic N) is 1. The fraction of sp³-hybridized carbons (Fsp3) is 0.357. The van der Waals surface area contributed by atoms with E-state index < -0.39 is 9.84 Å². The van der Waals surface area contributed by atoms with Gasteiger partial charge in [-0.3, -0.25) is 0 Å². The Morgan fingerprint density at radius 1 is 0.886 bits per heavy atom. The van der Waals surface area contributed by atoms with Crippen LogP contribution < -0.4 is 14.2 Å². The predicted molar refractivity (Wildman–Crippen MR) is 138 cm³/mol. The van der Waals surface area contributed by atoms with E-state index in [2.05, 4.69) is 11.9 Å². The summed E-state index contributed by atoms with van der Waals surface area (Å²) >= 11 is 0. The molecule has 0 bridgehead atoms. The lowest BCUT2D eigenvalue weighted by molar-refractivity contribution is 0.258. The van der Waals surface area contributed by atoms with Crippen molar-refractivity contribution in [1.82, 2.24) is 4.90 Å². The van der Waals surface area contributed by atoms with Crippen LogP contribution in [0.4, 0.5) is 0 Å². The Bertz CT molecular complexity index is 1210. The highest BCUT2D eigenvalue weighted by atomic mass is 32.2. The normalized spacial score (nSPS) is 11.6. The van der Waals surface area contributed by atoms with E-state index in [4.69, 9.17) is 14.2 Å². The minimum Gasteiger partial charge on any atom is -0.494 e. The molecule has 0 atom stereocenters. The molecule has 0 unspecified atom stereocenters. The number of sulfone groups is 1. The van der Waals surface area contributed by atoms with Crippen molar-refractivity contribution in [2.24, 2.45) is 0 Å². The van der Waals surface area contributed by atoms with Gasteiger partial charge < -0.3 is 19.1 Å². The number of rotatable bonds is 12. The quantitative estimate of drug-likeness (QED) is 0.305. The molecule has 0 amide bonds. The van der Waals surface area contributed by atoms with E-state index in [0.717, 1.165) is 42.1 Å². The highest BCUT2D eigenvalue weighted by Crippen LogP contribution is 2.30. The largest absolute Gasteiger partial charge is 0.494 e. The smallest absolute Gasteiger partial charge is 0.206 e. The van der Waals surface area contributed by atoms with Crippen LogP contribution in [0.3, 0.4) is 0 Å². The molecule has 0 aliphatic heterocycles. The average Bonchev–Trinajstić information content (AvgIpc) is 2.86. The highest BCUT2D eigenvalue weighted by Gasteiger charge is 2.22. The Labute approximate surface area is 209 Å². The summed E-state index contributed by atoms with van der Waals surface area (Å²) in [4.78, 5) is 2.85. The molecule has 0 aromatic heterocycles. The van der Waals surface area contributed by atoms with E-state index in [1.54, 1.807) is 50.6 Å². The SMILES string of the molecule is COc1ccc(CN(C)CCCOc2ccc(S(=O)(=O)c3ccccc3C(C)C)cc2)cc1OC. The maximum Gasteiger partial charge on any atom is 0.206 e. The second-order valence-electron chi connectivity index (χ2n) is 8.80. The van der Waals surface area contributed by atoms with Gasteiger partial charge in [0.25, 0.3) is 0 Å². The predicted octanol–water partition coefficient (Wildman–Crippen LogP) is 5.56. The lowest BCUT2D eigenvalue weighted by atomic mass is 10.0.